The first-order valence-corrected chi connectivity index (χ1v) is 12.2. The number of hydrogen-bond donors (Lipinski definition) is 2. The number of alkyl halides is 3. The topological polar surface area (TPSA) is 71.3 Å². The standard InChI is InChI=1S/C27H21ClF5N5O/c1-13-16-5-8-22(17(16)4-6-19(13)28)36-14(2)24-10-23(37-25-21(30)12-35-38(24)25)26(39)34-11-15-3-7-20(29)18(9-15)27(31,32)33/h3-4,6-7,9-10,12,22,36H,2,5,8,11H2,1H3,(H,34,39)/t22-/m0/s1. The van der Waals surface area contributed by atoms with Crippen LogP contribution in [0.1, 0.15) is 56.5 Å². The average molecular weight is 562 g/mol. The van der Waals surface area contributed by atoms with Gasteiger partial charge in [-0.15, -0.1) is 0 Å². The second-order valence-electron chi connectivity index (χ2n) is 9.20. The Bertz CT molecular complexity index is 1630. The van der Waals surface area contributed by atoms with Crippen molar-refractivity contribution in [3.05, 3.63) is 105 Å². The molecule has 2 aromatic carbocycles. The van der Waals surface area contributed by atoms with E-state index in [0.29, 0.717) is 22.9 Å². The van der Waals surface area contributed by atoms with E-state index in [1.807, 2.05) is 19.1 Å². The molecule has 0 aliphatic heterocycles. The van der Waals surface area contributed by atoms with Crippen molar-refractivity contribution >= 4 is 28.9 Å². The first-order valence-electron chi connectivity index (χ1n) is 11.9. The molecule has 5 rings (SSSR count). The van der Waals surface area contributed by atoms with Crippen LogP contribution in [0.15, 0.2) is 49.2 Å². The van der Waals surface area contributed by atoms with Crippen molar-refractivity contribution < 1.29 is 26.7 Å². The van der Waals surface area contributed by atoms with E-state index in [1.54, 1.807) is 0 Å². The van der Waals surface area contributed by atoms with Gasteiger partial charge in [-0.2, -0.15) is 18.3 Å². The van der Waals surface area contributed by atoms with Crippen molar-refractivity contribution in [2.45, 2.75) is 38.5 Å². The highest BCUT2D eigenvalue weighted by molar-refractivity contribution is 6.31. The van der Waals surface area contributed by atoms with Crippen LogP contribution in [0, 0.1) is 18.6 Å². The molecule has 1 aliphatic carbocycles. The molecule has 12 heteroatoms. The van der Waals surface area contributed by atoms with Gasteiger partial charge in [-0.25, -0.2) is 18.3 Å². The lowest BCUT2D eigenvalue weighted by molar-refractivity contribution is -0.140. The summed E-state index contributed by atoms with van der Waals surface area (Å²) in [6.07, 6.45) is -2.36. The molecule has 2 heterocycles. The lowest BCUT2D eigenvalue weighted by Gasteiger charge is -2.19. The lowest BCUT2D eigenvalue weighted by atomic mass is 10.0. The highest BCUT2D eigenvalue weighted by Gasteiger charge is 2.34. The first kappa shape index (κ1) is 26.6. The van der Waals surface area contributed by atoms with Crippen LogP contribution in [0.5, 0.6) is 0 Å². The van der Waals surface area contributed by atoms with Gasteiger partial charge in [0.1, 0.15) is 11.5 Å². The van der Waals surface area contributed by atoms with Gasteiger partial charge in [-0.05, 0) is 66.3 Å². The fourth-order valence-corrected chi connectivity index (χ4v) is 4.90. The number of nitrogens with one attached hydrogen (secondary N) is 2. The lowest BCUT2D eigenvalue weighted by Crippen LogP contribution is -2.26. The number of nitrogens with zero attached hydrogens (tertiary/aromatic N) is 3. The molecule has 1 atom stereocenters. The van der Waals surface area contributed by atoms with Gasteiger partial charge < -0.3 is 10.6 Å². The largest absolute Gasteiger partial charge is 0.419 e. The molecular weight excluding hydrogens is 541 g/mol. The molecule has 0 bridgehead atoms. The third-order valence-corrected chi connectivity index (χ3v) is 7.14. The number of carbonyl (C=O) groups excluding carboxylic acids is 1. The van der Waals surface area contributed by atoms with Crippen molar-refractivity contribution in [3.8, 4) is 0 Å². The summed E-state index contributed by atoms with van der Waals surface area (Å²) < 4.78 is 68.4. The maximum absolute atomic E-state index is 14.5. The molecule has 2 N–H and O–H groups in total. The van der Waals surface area contributed by atoms with Crippen LogP contribution in [0.2, 0.25) is 5.02 Å². The number of rotatable bonds is 6. The molecule has 4 aromatic rings. The summed E-state index contributed by atoms with van der Waals surface area (Å²) in [5.74, 6) is -2.97. The number of carbonyl (C=O) groups is 1. The Morgan fingerprint density at radius 1 is 1.18 bits per heavy atom. The summed E-state index contributed by atoms with van der Waals surface area (Å²) in [5, 5.41) is 10.5. The summed E-state index contributed by atoms with van der Waals surface area (Å²) in [6, 6.07) is 7.45. The molecule has 0 saturated heterocycles. The maximum atomic E-state index is 14.5. The molecule has 202 valence electrons. The van der Waals surface area contributed by atoms with Crippen molar-refractivity contribution in [2.24, 2.45) is 0 Å². The molecule has 6 nitrogen and oxygen atoms in total. The quantitative estimate of drug-likeness (QED) is 0.276. The molecule has 1 aliphatic rings. The molecule has 39 heavy (non-hydrogen) atoms. The SMILES string of the molecule is C=C(N[C@H]1CCc2c1ccc(Cl)c2C)c1cc(C(=O)NCc2ccc(F)c(C(F)(F)F)c2)nc2c(F)cnn12. The third-order valence-electron chi connectivity index (χ3n) is 6.74. The van der Waals surface area contributed by atoms with E-state index in [2.05, 4.69) is 27.3 Å². The van der Waals surface area contributed by atoms with Crippen molar-refractivity contribution in [2.75, 3.05) is 0 Å². The van der Waals surface area contributed by atoms with Crippen LogP contribution >= 0.6 is 11.6 Å². The molecule has 1 amide bonds. The van der Waals surface area contributed by atoms with E-state index >= 15 is 0 Å². The zero-order chi connectivity index (χ0) is 28.1. The molecule has 2 aromatic heterocycles. The van der Waals surface area contributed by atoms with Crippen molar-refractivity contribution in [1.29, 1.82) is 0 Å². The Balaban J connectivity index is 1.40. The van der Waals surface area contributed by atoms with E-state index in [0.717, 1.165) is 41.8 Å². The summed E-state index contributed by atoms with van der Waals surface area (Å²) in [7, 11) is 0. The Kier molecular flexibility index (Phi) is 6.79. The van der Waals surface area contributed by atoms with Gasteiger partial charge >= 0.3 is 6.18 Å². The molecule has 0 radical (unpaired) electrons. The smallest absolute Gasteiger partial charge is 0.377 e. The van der Waals surface area contributed by atoms with E-state index < -0.39 is 29.3 Å². The van der Waals surface area contributed by atoms with Gasteiger partial charge in [0.15, 0.2) is 11.5 Å². The Hall–Kier alpha value is -3.99. The van der Waals surface area contributed by atoms with Crippen LogP contribution in [-0.4, -0.2) is 20.5 Å². The third kappa shape index (κ3) is 5.06. The molecular formula is C27H21ClF5N5O. The number of hydrogen-bond acceptors (Lipinski definition) is 4. The number of aromatic nitrogens is 3. The van der Waals surface area contributed by atoms with Crippen LogP contribution in [0.25, 0.3) is 11.3 Å². The number of fused-ring (bicyclic) bond motifs is 2. The fraction of sp³-hybridized carbons (Fsp3) is 0.222. The van der Waals surface area contributed by atoms with E-state index in [1.165, 1.54) is 10.6 Å². The van der Waals surface area contributed by atoms with Crippen LogP contribution in [0.3, 0.4) is 0 Å². The average Bonchev–Trinajstić information content (AvgIpc) is 3.47. The summed E-state index contributed by atoms with van der Waals surface area (Å²) in [5.41, 5.74) is 2.00. The minimum Gasteiger partial charge on any atom is -0.377 e. The van der Waals surface area contributed by atoms with Crippen LogP contribution in [0.4, 0.5) is 22.0 Å². The minimum absolute atomic E-state index is 0.0234. The van der Waals surface area contributed by atoms with Crippen molar-refractivity contribution in [1.82, 2.24) is 25.2 Å². The first-order chi connectivity index (χ1) is 18.4. The summed E-state index contributed by atoms with van der Waals surface area (Å²) in [6.45, 7) is 5.69. The maximum Gasteiger partial charge on any atom is 0.419 e. The number of amides is 1. The highest BCUT2D eigenvalue weighted by atomic mass is 35.5. The molecule has 0 spiro atoms. The van der Waals surface area contributed by atoms with Gasteiger partial charge in [-0.3, -0.25) is 4.79 Å². The normalized spacial score (nSPS) is 14.9. The second-order valence-corrected chi connectivity index (χ2v) is 9.61. The summed E-state index contributed by atoms with van der Waals surface area (Å²) >= 11 is 6.26. The van der Waals surface area contributed by atoms with Crippen LogP contribution in [-0.2, 0) is 19.1 Å². The molecule has 0 fully saturated rings. The Morgan fingerprint density at radius 2 is 1.95 bits per heavy atom. The monoisotopic (exact) mass is 561 g/mol. The van der Waals surface area contributed by atoms with Gasteiger partial charge in [0.05, 0.1) is 29.2 Å². The van der Waals surface area contributed by atoms with Gasteiger partial charge in [0, 0.05) is 11.6 Å². The van der Waals surface area contributed by atoms with Crippen molar-refractivity contribution in [3.63, 3.8) is 0 Å². The van der Waals surface area contributed by atoms with E-state index in [-0.39, 0.29) is 35.2 Å². The second kappa shape index (κ2) is 9.96. The zero-order valence-corrected chi connectivity index (χ0v) is 21.2. The molecule has 0 unspecified atom stereocenters. The Morgan fingerprint density at radius 3 is 2.69 bits per heavy atom. The van der Waals surface area contributed by atoms with Gasteiger partial charge in [0.25, 0.3) is 5.91 Å². The summed E-state index contributed by atoms with van der Waals surface area (Å²) in [4.78, 5) is 17.0. The fourth-order valence-electron chi connectivity index (χ4n) is 4.73. The van der Waals surface area contributed by atoms with Gasteiger partial charge in [0.2, 0.25) is 0 Å². The predicted molar refractivity (Wildman–Crippen MR) is 135 cm³/mol. The number of benzene rings is 2. The Labute approximate surface area is 224 Å². The van der Waals surface area contributed by atoms with E-state index in [9.17, 15) is 26.7 Å². The minimum atomic E-state index is -4.89. The highest BCUT2D eigenvalue weighted by Crippen LogP contribution is 2.37. The van der Waals surface area contributed by atoms with Gasteiger partial charge in [-0.1, -0.05) is 30.3 Å². The zero-order valence-electron chi connectivity index (χ0n) is 20.5. The van der Waals surface area contributed by atoms with Crippen LogP contribution < -0.4 is 10.6 Å². The van der Waals surface area contributed by atoms with E-state index in [4.69, 9.17) is 11.6 Å². The number of halogens is 6. The predicted octanol–water partition coefficient (Wildman–Crippen LogP) is 6.17. The molecule has 0 saturated carbocycles.